The van der Waals surface area contributed by atoms with Crippen molar-refractivity contribution in [2.24, 2.45) is 5.92 Å². The number of aromatic nitrogens is 2. The molecule has 1 atom stereocenters. The maximum absolute atomic E-state index is 12.5. The summed E-state index contributed by atoms with van der Waals surface area (Å²) in [7, 11) is 0. The number of thioether (sulfide) groups is 1. The number of amides is 1. The first-order chi connectivity index (χ1) is 11.1. The van der Waals surface area contributed by atoms with Crippen molar-refractivity contribution in [1.29, 1.82) is 0 Å². The summed E-state index contributed by atoms with van der Waals surface area (Å²) < 4.78 is 6.84. The number of furan rings is 1. The summed E-state index contributed by atoms with van der Waals surface area (Å²) in [5.41, 5.74) is 1.49. The molecule has 3 heterocycles. The minimum atomic E-state index is -0.241. The molecule has 2 aromatic rings. The molecule has 0 aromatic carbocycles. The molecule has 0 aliphatic carbocycles. The molecule has 1 aliphatic heterocycles. The lowest BCUT2D eigenvalue weighted by Crippen LogP contribution is -2.40. The third kappa shape index (κ3) is 3.19. The highest BCUT2D eigenvalue weighted by Crippen LogP contribution is 2.26. The molecular formula is C16H19N3O3S. The van der Waals surface area contributed by atoms with Crippen LogP contribution in [-0.4, -0.2) is 21.2 Å². The number of nitrogens with zero attached hydrogens (tertiary/aromatic N) is 2. The van der Waals surface area contributed by atoms with Crippen molar-refractivity contribution in [3.63, 3.8) is 0 Å². The predicted octanol–water partition coefficient (Wildman–Crippen LogP) is 1.75. The topological polar surface area (TPSA) is 77.1 Å². The van der Waals surface area contributed by atoms with Gasteiger partial charge in [-0.2, -0.15) is 0 Å². The summed E-state index contributed by atoms with van der Waals surface area (Å²) in [6.07, 6.45) is 2.23. The van der Waals surface area contributed by atoms with Gasteiger partial charge in [0.2, 0.25) is 5.91 Å². The average molecular weight is 333 g/mol. The van der Waals surface area contributed by atoms with Gasteiger partial charge in [-0.3, -0.25) is 14.2 Å². The smallest absolute Gasteiger partial charge is 0.257 e. The van der Waals surface area contributed by atoms with Gasteiger partial charge in [0, 0.05) is 23.6 Å². The molecule has 7 heteroatoms. The molecule has 0 radical (unpaired) electrons. The van der Waals surface area contributed by atoms with Crippen LogP contribution >= 0.6 is 11.8 Å². The summed E-state index contributed by atoms with van der Waals surface area (Å²) in [6, 6.07) is 3.60. The van der Waals surface area contributed by atoms with Gasteiger partial charge < -0.3 is 9.73 Å². The Labute approximate surface area is 138 Å². The highest BCUT2D eigenvalue weighted by atomic mass is 32.2. The van der Waals surface area contributed by atoms with Crippen LogP contribution < -0.4 is 10.9 Å². The van der Waals surface area contributed by atoms with Crippen molar-refractivity contribution < 1.29 is 9.21 Å². The molecule has 2 aromatic heterocycles. The zero-order chi connectivity index (χ0) is 16.4. The van der Waals surface area contributed by atoms with Crippen LogP contribution in [0.2, 0.25) is 0 Å². The summed E-state index contributed by atoms with van der Waals surface area (Å²) >= 11 is 1.46. The summed E-state index contributed by atoms with van der Waals surface area (Å²) in [5.74, 6) is 1.03. The van der Waals surface area contributed by atoms with Gasteiger partial charge in [0.05, 0.1) is 18.7 Å². The summed E-state index contributed by atoms with van der Waals surface area (Å²) in [6.45, 7) is 4.55. The van der Waals surface area contributed by atoms with Crippen molar-refractivity contribution in [2.75, 3.05) is 5.75 Å². The van der Waals surface area contributed by atoms with Gasteiger partial charge in [0.1, 0.15) is 5.76 Å². The van der Waals surface area contributed by atoms with E-state index in [-0.39, 0.29) is 17.4 Å². The minimum Gasteiger partial charge on any atom is -0.467 e. The molecule has 0 fully saturated rings. The Balaban J connectivity index is 1.74. The Kier molecular flexibility index (Phi) is 4.56. The van der Waals surface area contributed by atoms with Crippen molar-refractivity contribution >= 4 is 17.7 Å². The van der Waals surface area contributed by atoms with Crippen LogP contribution in [-0.2, 0) is 24.3 Å². The Hall–Kier alpha value is -2.02. The maximum Gasteiger partial charge on any atom is 0.257 e. The second-order valence-electron chi connectivity index (χ2n) is 5.53. The van der Waals surface area contributed by atoms with Gasteiger partial charge in [-0.15, -0.1) is 0 Å². The molecule has 0 bridgehead atoms. The van der Waals surface area contributed by atoms with Crippen molar-refractivity contribution in [2.45, 2.75) is 38.5 Å². The number of rotatable bonds is 4. The van der Waals surface area contributed by atoms with E-state index in [0.29, 0.717) is 36.2 Å². The quantitative estimate of drug-likeness (QED) is 0.863. The molecule has 23 heavy (non-hydrogen) atoms. The van der Waals surface area contributed by atoms with Gasteiger partial charge in [-0.1, -0.05) is 18.7 Å². The second-order valence-corrected chi connectivity index (χ2v) is 6.52. The Bertz CT molecular complexity index is 768. The lowest BCUT2D eigenvalue weighted by Gasteiger charge is -2.25. The predicted molar refractivity (Wildman–Crippen MR) is 87.4 cm³/mol. The molecule has 0 spiro atoms. The van der Waals surface area contributed by atoms with Crippen LogP contribution in [0.15, 0.2) is 32.8 Å². The number of nitrogens with one attached hydrogen (secondary N) is 1. The monoisotopic (exact) mass is 333 g/mol. The van der Waals surface area contributed by atoms with Gasteiger partial charge in [-0.25, -0.2) is 4.98 Å². The number of hydrogen-bond donors (Lipinski definition) is 1. The molecule has 1 N–H and O–H groups in total. The molecule has 1 unspecified atom stereocenters. The largest absolute Gasteiger partial charge is 0.467 e. The van der Waals surface area contributed by atoms with E-state index in [1.165, 1.54) is 11.8 Å². The van der Waals surface area contributed by atoms with E-state index in [1.54, 1.807) is 16.9 Å². The molecule has 6 nitrogen and oxygen atoms in total. The van der Waals surface area contributed by atoms with E-state index in [4.69, 9.17) is 4.42 Å². The van der Waals surface area contributed by atoms with Crippen molar-refractivity contribution in [1.82, 2.24) is 14.9 Å². The van der Waals surface area contributed by atoms with E-state index in [9.17, 15) is 9.59 Å². The van der Waals surface area contributed by atoms with Crippen LogP contribution in [0, 0.1) is 12.8 Å². The number of fused-ring (bicyclic) bond motifs is 1. The normalized spacial score (nSPS) is 16.9. The van der Waals surface area contributed by atoms with E-state index in [0.717, 1.165) is 11.3 Å². The number of carbonyl (C=O) groups excluding carboxylic acids is 1. The van der Waals surface area contributed by atoms with E-state index in [1.807, 2.05) is 19.9 Å². The standard InChI is InChI=1S/C16H19N3O3S/c1-3-13-10(2)18-16-19(15(13)21)8-11(9-23-16)14(20)17-7-12-5-4-6-22-12/h4-6,11H,3,7-9H2,1-2H3,(H,17,20). The average Bonchev–Trinajstić information content (AvgIpc) is 3.06. The fraction of sp³-hybridized carbons (Fsp3) is 0.438. The Morgan fingerprint density at radius 1 is 1.57 bits per heavy atom. The first-order valence-electron chi connectivity index (χ1n) is 7.63. The first kappa shape index (κ1) is 15.9. The summed E-state index contributed by atoms with van der Waals surface area (Å²) in [5, 5.41) is 3.57. The zero-order valence-electron chi connectivity index (χ0n) is 13.2. The molecule has 0 saturated carbocycles. The van der Waals surface area contributed by atoms with Crippen LogP contribution in [0.4, 0.5) is 0 Å². The Morgan fingerprint density at radius 2 is 2.39 bits per heavy atom. The number of hydrogen-bond acceptors (Lipinski definition) is 5. The van der Waals surface area contributed by atoms with Crippen molar-refractivity contribution in [3.8, 4) is 0 Å². The van der Waals surface area contributed by atoms with Crippen LogP contribution in [0.3, 0.4) is 0 Å². The maximum atomic E-state index is 12.5. The van der Waals surface area contributed by atoms with Crippen LogP contribution in [0.5, 0.6) is 0 Å². The first-order valence-corrected chi connectivity index (χ1v) is 8.62. The third-order valence-corrected chi connectivity index (χ3v) is 5.13. The fourth-order valence-corrected chi connectivity index (χ4v) is 3.81. The molecule has 1 aliphatic rings. The lowest BCUT2D eigenvalue weighted by atomic mass is 10.1. The molecule has 3 rings (SSSR count). The van der Waals surface area contributed by atoms with Crippen LogP contribution in [0.25, 0.3) is 0 Å². The van der Waals surface area contributed by atoms with Gasteiger partial charge >= 0.3 is 0 Å². The fourth-order valence-electron chi connectivity index (χ4n) is 2.69. The molecule has 122 valence electrons. The third-order valence-electron chi connectivity index (χ3n) is 3.99. The summed E-state index contributed by atoms with van der Waals surface area (Å²) in [4.78, 5) is 29.4. The van der Waals surface area contributed by atoms with Gasteiger partial charge in [0.25, 0.3) is 5.56 Å². The lowest BCUT2D eigenvalue weighted by molar-refractivity contribution is -0.125. The van der Waals surface area contributed by atoms with Crippen LogP contribution in [0.1, 0.15) is 23.9 Å². The van der Waals surface area contributed by atoms with E-state index < -0.39 is 0 Å². The molecule has 0 saturated heterocycles. The van der Waals surface area contributed by atoms with Crippen molar-refractivity contribution in [3.05, 3.63) is 45.8 Å². The van der Waals surface area contributed by atoms with E-state index >= 15 is 0 Å². The Morgan fingerprint density at radius 3 is 3.09 bits per heavy atom. The molecular weight excluding hydrogens is 314 g/mol. The second kappa shape index (κ2) is 6.62. The van der Waals surface area contributed by atoms with E-state index in [2.05, 4.69) is 10.3 Å². The highest BCUT2D eigenvalue weighted by molar-refractivity contribution is 7.99. The van der Waals surface area contributed by atoms with Gasteiger partial charge in [-0.05, 0) is 25.5 Å². The van der Waals surface area contributed by atoms with Gasteiger partial charge in [0.15, 0.2) is 5.16 Å². The number of carbonyl (C=O) groups is 1. The zero-order valence-corrected chi connectivity index (χ0v) is 14.0. The highest BCUT2D eigenvalue weighted by Gasteiger charge is 2.27. The SMILES string of the molecule is CCc1c(C)nc2n(c1=O)CC(C(=O)NCc1ccco1)CS2. The molecule has 1 amide bonds. The number of aryl methyl sites for hydroxylation is 1. The minimum absolute atomic E-state index is 0.0222.